The molecule has 2 aliphatic rings. The van der Waals surface area contributed by atoms with Gasteiger partial charge in [0.15, 0.2) is 0 Å². The Kier molecular flexibility index (Phi) is 6.35. The lowest BCUT2D eigenvalue weighted by atomic mass is 9.76. The van der Waals surface area contributed by atoms with Crippen molar-refractivity contribution in [3.8, 4) is 5.75 Å². The lowest BCUT2D eigenvalue weighted by Crippen LogP contribution is -2.57. The SMILES string of the molecule is CCCCN1C(=O)C2C(c3cccc(C(F)(F)F)c3)NC(Cc3ccc(O)cc3)(C(=O)O)C2C1=O. The van der Waals surface area contributed by atoms with Crippen LogP contribution in [0.4, 0.5) is 13.2 Å². The van der Waals surface area contributed by atoms with Crippen LogP contribution in [0.5, 0.6) is 5.75 Å². The maximum absolute atomic E-state index is 13.5. The van der Waals surface area contributed by atoms with E-state index in [-0.39, 0.29) is 24.3 Å². The number of fused-ring (bicyclic) bond motifs is 1. The zero-order valence-corrected chi connectivity index (χ0v) is 18.9. The van der Waals surface area contributed by atoms with Crippen molar-refractivity contribution in [2.45, 2.75) is 43.9 Å². The van der Waals surface area contributed by atoms with Crippen LogP contribution in [-0.4, -0.2) is 45.0 Å². The maximum Gasteiger partial charge on any atom is 0.416 e. The van der Waals surface area contributed by atoms with E-state index in [1.807, 2.05) is 6.92 Å². The third-order valence-electron chi connectivity index (χ3n) is 6.85. The lowest BCUT2D eigenvalue weighted by molar-refractivity contribution is -0.151. The fourth-order valence-electron chi connectivity index (χ4n) is 5.16. The van der Waals surface area contributed by atoms with Gasteiger partial charge in [-0.2, -0.15) is 13.2 Å². The summed E-state index contributed by atoms with van der Waals surface area (Å²) in [6, 6.07) is 9.02. The molecule has 2 saturated heterocycles. The van der Waals surface area contributed by atoms with Crippen LogP contribution in [0.15, 0.2) is 48.5 Å². The molecule has 4 rings (SSSR count). The number of alkyl halides is 3. The van der Waals surface area contributed by atoms with Gasteiger partial charge in [-0.1, -0.05) is 37.6 Å². The van der Waals surface area contributed by atoms with Crippen molar-refractivity contribution in [2.24, 2.45) is 11.8 Å². The Morgan fingerprint density at radius 2 is 1.80 bits per heavy atom. The summed E-state index contributed by atoms with van der Waals surface area (Å²) in [5.41, 5.74) is -2.30. The van der Waals surface area contributed by atoms with Gasteiger partial charge in [0, 0.05) is 19.0 Å². The van der Waals surface area contributed by atoms with Gasteiger partial charge < -0.3 is 10.2 Å². The van der Waals surface area contributed by atoms with E-state index in [1.54, 1.807) is 0 Å². The van der Waals surface area contributed by atoms with E-state index < -0.39 is 52.9 Å². The second kappa shape index (κ2) is 8.99. The summed E-state index contributed by atoms with van der Waals surface area (Å²) in [5, 5.41) is 22.9. The number of imide groups is 1. The number of aromatic hydroxyl groups is 1. The number of benzene rings is 2. The molecule has 2 aromatic rings. The van der Waals surface area contributed by atoms with Crippen LogP contribution in [0.3, 0.4) is 0 Å². The number of carboxylic acid groups (broad SMARTS) is 1. The largest absolute Gasteiger partial charge is 0.508 e. The first kappa shape index (κ1) is 24.7. The van der Waals surface area contributed by atoms with Crippen molar-refractivity contribution < 1.29 is 37.8 Å². The molecule has 186 valence electrons. The Labute approximate surface area is 199 Å². The minimum Gasteiger partial charge on any atom is -0.508 e. The summed E-state index contributed by atoms with van der Waals surface area (Å²) < 4.78 is 40.2. The van der Waals surface area contributed by atoms with Crippen LogP contribution in [0.25, 0.3) is 0 Å². The van der Waals surface area contributed by atoms with Crippen LogP contribution < -0.4 is 5.32 Å². The number of nitrogens with one attached hydrogen (secondary N) is 1. The second-order valence-electron chi connectivity index (χ2n) is 9.05. The first-order valence-corrected chi connectivity index (χ1v) is 11.3. The molecule has 3 N–H and O–H groups in total. The van der Waals surface area contributed by atoms with Crippen LogP contribution in [0.2, 0.25) is 0 Å². The maximum atomic E-state index is 13.5. The normalized spacial score (nSPS) is 26.3. The summed E-state index contributed by atoms with van der Waals surface area (Å²) in [5.74, 6) is -5.12. The number of hydrogen-bond donors (Lipinski definition) is 3. The molecule has 7 nitrogen and oxygen atoms in total. The summed E-state index contributed by atoms with van der Waals surface area (Å²) >= 11 is 0. The average molecular weight is 490 g/mol. The van der Waals surface area contributed by atoms with E-state index in [4.69, 9.17) is 0 Å². The van der Waals surface area contributed by atoms with Gasteiger partial charge in [-0.25, -0.2) is 0 Å². The number of carbonyl (C=O) groups excluding carboxylic acids is 2. The highest BCUT2D eigenvalue weighted by Crippen LogP contribution is 2.50. The van der Waals surface area contributed by atoms with Crippen molar-refractivity contribution in [3.05, 3.63) is 65.2 Å². The molecule has 4 atom stereocenters. The summed E-state index contributed by atoms with van der Waals surface area (Å²) in [6.07, 6.45) is -3.62. The predicted molar refractivity (Wildman–Crippen MR) is 118 cm³/mol. The molecule has 2 aliphatic heterocycles. The van der Waals surface area contributed by atoms with Crippen molar-refractivity contribution in [2.75, 3.05) is 6.54 Å². The molecule has 35 heavy (non-hydrogen) atoms. The van der Waals surface area contributed by atoms with Gasteiger partial charge in [0.25, 0.3) is 0 Å². The minimum absolute atomic E-state index is 0.0323. The first-order valence-electron chi connectivity index (χ1n) is 11.3. The minimum atomic E-state index is -4.63. The smallest absolute Gasteiger partial charge is 0.416 e. The predicted octanol–water partition coefficient (Wildman–Crippen LogP) is 3.52. The fourth-order valence-corrected chi connectivity index (χ4v) is 5.16. The molecule has 0 aliphatic carbocycles. The van der Waals surface area contributed by atoms with Gasteiger partial charge in [-0.3, -0.25) is 24.6 Å². The number of carbonyl (C=O) groups is 3. The van der Waals surface area contributed by atoms with Crippen molar-refractivity contribution in [1.29, 1.82) is 0 Å². The van der Waals surface area contributed by atoms with Crippen LogP contribution in [0, 0.1) is 11.8 Å². The summed E-state index contributed by atoms with van der Waals surface area (Å²) in [7, 11) is 0. The van der Waals surface area contributed by atoms with E-state index in [0.29, 0.717) is 18.4 Å². The number of rotatable bonds is 7. The third kappa shape index (κ3) is 4.27. The Hall–Kier alpha value is -3.40. The molecule has 2 heterocycles. The highest BCUT2D eigenvalue weighted by molar-refractivity contribution is 6.09. The van der Waals surface area contributed by atoms with Gasteiger partial charge in [0.2, 0.25) is 11.8 Å². The molecule has 0 bridgehead atoms. The second-order valence-corrected chi connectivity index (χ2v) is 9.05. The number of likely N-dealkylation sites (tertiary alicyclic amines) is 1. The summed E-state index contributed by atoms with van der Waals surface area (Å²) in [4.78, 5) is 40.6. The number of unbranched alkanes of at least 4 members (excludes halogenated alkanes) is 1. The van der Waals surface area contributed by atoms with Crippen molar-refractivity contribution in [3.63, 3.8) is 0 Å². The molecule has 2 amide bonds. The van der Waals surface area contributed by atoms with E-state index >= 15 is 0 Å². The number of hydrogen-bond acceptors (Lipinski definition) is 5. The Morgan fingerprint density at radius 1 is 1.11 bits per heavy atom. The Morgan fingerprint density at radius 3 is 2.40 bits per heavy atom. The monoisotopic (exact) mass is 490 g/mol. The van der Waals surface area contributed by atoms with Gasteiger partial charge in [-0.05, 0) is 41.8 Å². The van der Waals surface area contributed by atoms with E-state index in [0.717, 1.165) is 17.0 Å². The fraction of sp³-hybridized carbons (Fsp3) is 0.400. The number of phenols is 1. The number of nitrogens with zero attached hydrogens (tertiary/aromatic N) is 1. The molecule has 4 unspecified atom stereocenters. The number of amides is 2. The lowest BCUT2D eigenvalue weighted by Gasteiger charge is -2.31. The number of halogens is 3. The molecule has 10 heteroatoms. The van der Waals surface area contributed by atoms with Gasteiger partial charge in [-0.15, -0.1) is 0 Å². The van der Waals surface area contributed by atoms with E-state index in [2.05, 4.69) is 5.32 Å². The van der Waals surface area contributed by atoms with Gasteiger partial charge in [0.1, 0.15) is 11.3 Å². The van der Waals surface area contributed by atoms with Crippen molar-refractivity contribution >= 4 is 17.8 Å². The Bertz CT molecular complexity index is 1150. The van der Waals surface area contributed by atoms with Crippen LogP contribution in [0.1, 0.15) is 42.5 Å². The molecule has 0 radical (unpaired) electrons. The van der Waals surface area contributed by atoms with Crippen LogP contribution >= 0.6 is 0 Å². The average Bonchev–Trinajstić information content (AvgIpc) is 3.28. The standard InChI is InChI=1S/C25H25F3N2O5/c1-2-3-11-30-21(32)18-19(22(30)33)24(23(34)35,13-14-7-9-17(31)10-8-14)29-20(18)15-5-4-6-16(12-15)25(26,27)28/h4-10,12,18-20,29,31H,2-3,11,13H2,1H3,(H,34,35). The molecular weight excluding hydrogens is 465 g/mol. The molecule has 0 spiro atoms. The number of carboxylic acids is 1. The highest BCUT2D eigenvalue weighted by atomic mass is 19.4. The van der Waals surface area contributed by atoms with Gasteiger partial charge in [0.05, 0.1) is 17.4 Å². The zero-order chi connectivity index (χ0) is 25.5. The van der Waals surface area contributed by atoms with Crippen molar-refractivity contribution in [1.82, 2.24) is 10.2 Å². The molecular formula is C25H25F3N2O5. The molecule has 0 aromatic heterocycles. The molecule has 2 aromatic carbocycles. The quantitative estimate of drug-likeness (QED) is 0.513. The summed E-state index contributed by atoms with van der Waals surface area (Å²) in [6.45, 7) is 2.00. The first-order chi connectivity index (χ1) is 16.5. The van der Waals surface area contributed by atoms with Crippen LogP contribution in [-0.2, 0) is 27.0 Å². The number of aliphatic carboxylic acids is 1. The molecule has 0 saturated carbocycles. The van der Waals surface area contributed by atoms with E-state index in [9.17, 15) is 37.8 Å². The number of phenolic OH excluding ortho intramolecular Hbond substituents is 1. The topological polar surface area (TPSA) is 107 Å². The zero-order valence-electron chi connectivity index (χ0n) is 18.9. The molecule has 2 fully saturated rings. The Balaban J connectivity index is 1.83. The van der Waals surface area contributed by atoms with Gasteiger partial charge >= 0.3 is 12.1 Å². The van der Waals surface area contributed by atoms with E-state index in [1.165, 1.54) is 36.4 Å². The third-order valence-corrected chi connectivity index (χ3v) is 6.85. The highest BCUT2D eigenvalue weighted by Gasteiger charge is 2.68.